The SMILES string of the molecule is Cc1ccc(NC(=O)[C@H](C)N)cc1S(=O)(=O)N1CCCCC1.Cl. The number of nitrogens with two attached hydrogens (primary N) is 1. The van der Waals surface area contributed by atoms with E-state index in [1.54, 1.807) is 26.0 Å². The molecule has 1 heterocycles. The summed E-state index contributed by atoms with van der Waals surface area (Å²) in [5.74, 6) is -0.342. The van der Waals surface area contributed by atoms with Crippen LogP contribution in [-0.2, 0) is 14.8 Å². The van der Waals surface area contributed by atoms with Crippen LogP contribution in [0.15, 0.2) is 23.1 Å². The molecule has 8 heteroatoms. The molecule has 1 saturated heterocycles. The fourth-order valence-corrected chi connectivity index (χ4v) is 4.22. The van der Waals surface area contributed by atoms with Crippen molar-refractivity contribution in [1.29, 1.82) is 0 Å². The Kier molecular flexibility index (Phi) is 7.01. The van der Waals surface area contributed by atoms with E-state index >= 15 is 0 Å². The minimum atomic E-state index is -3.52. The number of rotatable bonds is 4. The molecule has 3 N–H and O–H groups in total. The van der Waals surface area contributed by atoms with Crippen molar-refractivity contribution in [3.8, 4) is 0 Å². The van der Waals surface area contributed by atoms with Gasteiger partial charge in [0.05, 0.1) is 10.9 Å². The monoisotopic (exact) mass is 361 g/mol. The molecule has 1 amide bonds. The highest BCUT2D eigenvalue weighted by Gasteiger charge is 2.27. The zero-order valence-corrected chi connectivity index (χ0v) is 15.0. The highest BCUT2D eigenvalue weighted by atomic mass is 35.5. The third-order valence-electron chi connectivity index (χ3n) is 3.80. The summed E-state index contributed by atoms with van der Waals surface area (Å²) in [5, 5.41) is 2.64. The maximum atomic E-state index is 12.8. The Hall–Kier alpha value is -1.15. The number of nitrogens with one attached hydrogen (secondary N) is 1. The lowest BCUT2D eigenvalue weighted by Gasteiger charge is -2.26. The Morgan fingerprint density at radius 3 is 2.43 bits per heavy atom. The number of nitrogens with zero attached hydrogens (tertiary/aromatic N) is 1. The molecule has 0 spiro atoms. The first kappa shape index (κ1) is 19.9. The molecule has 0 saturated carbocycles. The van der Waals surface area contributed by atoms with E-state index in [9.17, 15) is 13.2 Å². The molecule has 23 heavy (non-hydrogen) atoms. The molecule has 2 rings (SSSR count). The van der Waals surface area contributed by atoms with Gasteiger partial charge in [-0.25, -0.2) is 8.42 Å². The van der Waals surface area contributed by atoms with Crippen molar-refractivity contribution in [3.05, 3.63) is 23.8 Å². The smallest absolute Gasteiger partial charge is 0.243 e. The van der Waals surface area contributed by atoms with Crippen LogP contribution in [0.25, 0.3) is 0 Å². The maximum Gasteiger partial charge on any atom is 0.243 e. The average Bonchev–Trinajstić information content (AvgIpc) is 2.49. The van der Waals surface area contributed by atoms with Gasteiger partial charge in [0.15, 0.2) is 0 Å². The summed E-state index contributed by atoms with van der Waals surface area (Å²) < 4.78 is 27.1. The zero-order chi connectivity index (χ0) is 16.3. The van der Waals surface area contributed by atoms with E-state index in [1.165, 1.54) is 10.4 Å². The summed E-state index contributed by atoms with van der Waals surface area (Å²) in [6, 6.07) is 4.25. The van der Waals surface area contributed by atoms with Crippen LogP contribution in [0.2, 0.25) is 0 Å². The van der Waals surface area contributed by atoms with Crippen molar-refractivity contribution < 1.29 is 13.2 Å². The Morgan fingerprint density at radius 1 is 1.26 bits per heavy atom. The molecule has 1 aliphatic heterocycles. The Bertz CT molecular complexity index is 656. The number of carbonyl (C=O) groups excluding carboxylic acids is 1. The van der Waals surface area contributed by atoms with Crippen molar-refractivity contribution in [2.45, 2.75) is 44.0 Å². The first-order valence-electron chi connectivity index (χ1n) is 7.49. The highest BCUT2D eigenvalue weighted by molar-refractivity contribution is 7.89. The third kappa shape index (κ3) is 4.67. The topological polar surface area (TPSA) is 92.5 Å². The minimum absolute atomic E-state index is 0. The van der Waals surface area contributed by atoms with Crippen molar-refractivity contribution in [3.63, 3.8) is 0 Å². The number of anilines is 1. The van der Waals surface area contributed by atoms with Gasteiger partial charge in [-0.1, -0.05) is 12.5 Å². The van der Waals surface area contributed by atoms with Crippen LogP contribution >= 0.6 is 12.4 Å². The number of carbonyl (C=O) groups is 1. The van der Waals surface area contributed by atoms with E-state index in [4.69, 9.17) is 5.73 Å². The van der Waals surface area contributed by atoms with Gasteiger partial charge < -0.3 is 11.1 Å². The van der Waals surface area contributed by atoms with Crippen LogP contribution in [0.5, 0.6) is 0 Å². The van der Waals surface area contributed by atoms with Gasteiger partial charge in [0.2, 0.25) is 15.9 Å². The number of sulfonamides is 1. The number of aryl methyl sites for hydroxylation is 1. The lowest BCUT2D eigenvalue weighted by molar-refractivity contribution is -0.117. The standard InChI is InChI=1S/C15H23N3O3S.ClH/c1-11-6-7-13(17-15(19)12(2)16)10-14(11)22(20,21)18-8-4-3-5-9-18;/h6-7,10,12H,3-5,8-9,16H2,1-2H3,(H,17,19);1H/t12-;/m0./s1. The molecule has 1 aromatic carbocycles. The van der Waals surface area contributed by atoms with Gasteiger partial charge in [0.25, 0.3) is 0 Å². The normalized spacial score (nSPS) is 17.2. The second kappa shape index (κ2) is 8.10. The van der Waals surface area contributed by atoms with E-state index in [-0.39, 0.29) is 23.2 Å². The zero-order valence-electron chi connectivity index (χ0n) is 13.4. The molecule has 0 bridgehead atoms. The predicted molar refractivity (Wildman–Crippen MR) is 93.3 cm³/mol. The molecule has 1 fully saturated rings. The third-order valence-corrected chi connectivity index (χ3v) is 5.84. The molecule has 0 unspecified atom stereocenters. The molecule has 1 aliphatic rings. The van der Waals surface area contributed by atoms with Crippen LogP contribution in [0.1, 0.15) is 31.7 Å². The van der Waals surface area contributed by atoms with Crippen LogP contribution in [0, 0.1) is 6.92 Å². The fourth-order valence-electron chi connectivity index (χ4n) is 2.46. The van der Waals surface area contributed by atoms with Crippen LogP contribution in [-0.4, -0.2) is 37.8 Å². The Balaban J connectivity index is 0.00000264. The number of benzene rings is 1. The molecule has 6 nitrogen and oxygen atoms in total. The van der Waals surface area contributed by atoms with Crippen molar-refractivity contribution in [2.24, 2.45) is 5.73 Å². The first-order chi connectivity index (χ1) is 10.3. The van der Waals surface area contributed by atoms with E-state index in [1.807, 2.05) is 0 Å². The number of halogens is 1. The summed E-state index contributed by atoms with van der Waals surface area (Å²) in [4.78, 5) is 11.9. The summed E-state index contributed by atoms with van der Waals surface area (Å²) in [6.07, 6.45) is 2.84. The number of amides is 1. The molecular weight excluding hydrogens is 338 g/mol. The van der Waals surface area contributed by atoms with Crippen molar-refractivity contribution in [1.82, 2.24) is 4.31 Å². The number of piperidine rings is 1. The van der Waals surface area contributed by atoms with E-state index in [0.29, 0.717) is 24.3 Å². The van der Waals surface area contributed by atoms with Gasteiger partial charge in [0, 0.05) is 18.8 Å². The van der Waals surface area contributed by atoms with Gasteiger partial charge in [-0.3, -0.25) is 4.79 Å². The summed E-state index contributed by atoms with van der Waals surface area (Å²) in [7, 11) is -3.52. The van der Waals surface area contributed by atoms with Gasteiger partial charge in [-0.2, -0.15) is 4.31 Å². The van der Waals surface area contributed by atoms with E-state index in [2.05, 4.69) is 5.32 Å². The van der Waals surface area contributed by atoms with Gasteiger partial charge >= 0.3 is 0 Å². The summed E-state index contributed by atoms with van der Waals surface area (Å²) in [6.45, 7) is 4.44. The predicted octanol–water partition coefficient (Wildman–Crippen LogP) is 1.88. The highest BCUT2D eigenvalue weighted by Crippen LogP contribution is 2.26. The Labute approximate surface area is 143 Å². The quantitative estimate of drug-likeness (QED) is 0.856. The number of hydrogen-bond donors (Lipinski definition) is 2. The van der Waals surface area contributed by atoms with Crippen LogP contribution < -0.4 is 11.1 Å². The molecular formula is C15H24ClN3O3S. The second-order valence-electron chi connectivity index (χ2n) is 5.72. The van der Waals surface area contributed by atoms with Gasteiger partial charge in [-0.15, -0.1) is 12.4 Å². The lowest BCUT2D eigenvalue weighted by Crippen LogP contribution is -2.36. The van der Waals surface area contributed by atoms with Crippen LogP contribution in [0.3, 0.4) is 0 Å². The van der Waals surface area contributed by atoms with Crippen molar-refractivity contribution >= 4 is 34.0 Å². The first-order valence-corrected chi connectivity index (χ1v) is 8.93. The average molecular weight is 362 g/mol. The molecule has 1 atom stereocenters. The minimum Gasteiger partial charge on any atom is -0.325 e. The van der Waals surface area contributed by atoms with E-state index in [0.717, 1.165) is 19.3 Å². The van der Waals surface area contributed by atoms with Gasteiger partial charge in [0.1, 0.15) is 0 Å². The molecule has 0 aromatic heterocycles. The largest absolute Gasteiger partial charge is 0.325 e. The fraction of sp³-hybridized carbons (Fsp3) is 0.533. The molecule has 0 radical (unpaired) electrons. The Morgan fingerprint density at radius 2 is 1.87 bits per heavy atom. The summed E-state index contributed by atoms with van der Waals surface area (Å²) >= 11 is 0. The number of hydrogen-bond acceptors (Lipinski definition) is 4. The molecule has 0 aliphatic carbocycles. The lowest BCUT2D eigenvalue weighted by atomic mass is 10.2. The van der Waals surface area contributed by atoms with Gasteiger partial charge in [-0.05, 0) is 44.4 Å². The van der Waals surface area contributed by atoms with E-state index < -0.39 is 16.1 Å². The summed E-state index contributed by atoms with van der Waals surface area (Å²) in [5.41, 5.74) is 6.63. The molecule has 1 aromatic rings. The second-order valence-corrected chi connectivity index (χ2v) is 7.63. The van der Waals surface area contributed by atoms with Crippen LogP contribution in [0.4, 0.5) is 5.69 Å². The maximum absolute atomic E-state index is 12.8. The van der Waals surface area contributed by atoms with Crippen molar-refractivity contribution in [2.75, 3.05) is 18.4 Å². The molecule has 130 valence electrons.